The van der Waals surface area contributed by atoms with Crippen LogP contribution in [0.3, 0.4) is 0 Å². The summed E-state index contributed by atoms with van der Waals surface area (Å²) in [5.74, 6) is 0. The molecule has 2 rings (SSSR count). The second kappa shape index (κ2) is 4.75. The van der Waals surface area contributed by atoms with E-state index in [0.717, 1.165) is 19.3 Å². The second-order valence-corrected chi connectivity index (χ2v) is 6.05. The van der Waals surface area contributed by atoms with Gasteiger partial charge in [0.1, 0.15) is 0 Å². The van der Waals surface area contributed by atoms with E-state index in [1.165, 1.54) is 21.3 Å². The molecule has 6 nitrogen and oxygen atoms in total. The number of nitrogens with zero attached hydrogens (tertiary/aromatic N) is 3. The third kappa shape index (κ3) is 2.22. The van der Waals surface area contributed by atoms with Gasteiger partial charge in [-0.15, -0.1) is 0 Å². The predicted molar refractivity (Wildman–Crippen MR) is 61.8 cm³/mol. The van der Waals surface area contributed by atoms with Crippen molar-refractivity contribution in [2.45, 2.75) is 30.3 Å². The Morgan fingerprint density at radius 2 is 2.29 bits per heavy atom. The molecule has 0 unspecified atom stereocenters. The van der Waals surface area contributed by atoms with Gasteiger partial charge in [0.15, 0.2) is 5.03 Å². The molecule has 0 saturated heterocycles. The van der Waals surface area contributed by atoms with Crippen molar-refractivity contribution in [2.24, 2.45) is 7.05 Å². The minimum absolute atomic E-state index is 0.0297. The van der Waals surface area contributed by atoms with Crippen molar-refractivity contribution in [3.63, 3.8) is 0 Å². The standard InChI is InChI=1S/C10H17N3O3S/c1-12-10(5-6-11-12)17(15,16)13(7-8-14)9-3-2-4-9/h5-6,9,14H,2-4,7-8H2,1H3. The van der Waals surface area contributed by atoms with Crippen LogP contribution in [0.4, 0.5) is 0 Å². The van der Waals surface area contributed by atoms with Crippen LogP contribution in [0.5, 0.6) is 0 Å². The van der Waals surface area contributed by atoms with Crippen LogP contribution >= 0.6 is 0 Å². The topological polar surface area (TPSA) is 75.4 Å². The molecule has 1 aromatic rings. The van der Waals surface area contributed by atoms with Gasteiger partial charge in [-0.05, 0) is 18.9 Å². The molecule has 96 valence electrons. The van der Waals surface area contributed by atoms with Gasteiger partial charge in [-0.3, -0.25) is 4.68 Å². The zero-order chi connectivity index (χ0) is 12.5. The summed E-state index contributed by atoms with van der Waals surface area (Å²) < 4.78 is 27.5. The van der Waals surface area contributed by atoms with E-state index < -0.39 is 10.0 Å². The third-order valence-electron chi connectivity index (χ3n) is 3.15. The van der Waals surface area contributed by atoms with E-state index in [4.69, 9.17) is 5.11 Å². The quantitative estimate of drug-likeness (QED) is 0.805. The van der Waals surface area contributed by atoms with Crippen molar-refractivity contribution in [3.8, 4) is 0 Å². The lowest BCUT2D eigenvalue weighted by molar-refractivity contribution is 0.177. The normalized spacial score (nSPS) is 17.4. The van der Waals surface area contributed by atoms with Gasteiger partial charge in [-0.1, -0.05) is 6.42 Å². The SMILES string of the molecule is Cn1nccc1S(=O)(=O)N(CCO)C1CCC1. The largest absolute Gasteiger partial charge is 0.395 e. The molecule has 0 aromatic carbocycles. The number of sulfonamides is 1. The highest BCUT2D eigenvalue weighted by Crippen LogP contribution is 2.29. The molecule has 0 amide bonds. The maximum absolute atomic E-state index is 12.4. The maximum atomic E-state index is 12.4. The lowest BCUT2D eigenvalue weighted by atomic mass is 9.93. The molecule has 1 heterocycles. The Balaban J connectivity index is 2.31. The van der Waals surface area contributed by atoms with Gasteiger partial charge in [0, 0.05) is 19.6 Å². The van der Waals surface area contributed by atoms with E-state index in [1.54, 1.807) is 7.05 Å². The summed E-state index contributed by atoms with van der Waals surface area (Å²) in [4.78, 5) is 0. The van der Waals surface area contributed by atoms with E-state index >= 15 is 0 Å². The summed E-state index contributed by atoms with van der Waals surface area (Å²) in [6.45, 7) is -0.00817. The van der Waals surface area contributed by atoms with Crippen LogP contribution in [0, 0.1) is 0 Å². The molecule has 0 spiro atoms. The number of hydrogen-bond donors (Lipinski definition) is 1. The van der Waals surface area contributed by atoms with Crippen LogP contribution < -0.4 is 0 Å². The first-order valence-electron chi connectivity index (χ1n) is 5.68. The summed E-state index contributed by atoms with van der Waals surface area (Å²) in [7, 11) is -1.93. The maximum Gasteiger partial charge on any atom is 0.260 e. The van der Waals surface area contributed by atoms with Crippen molar-refractivity contribution in [1.82, 2.24) is 14.1 Å². The fourth-order valence-corrected chi connectivity index (χ4v) is 3.79. The van der Waals surface area contributed by atoms with Crippen LogP contribution in [0.2, 0.25) is 0 Å². The minimum atomic E-state index is -3.54. The first kappa shape index (κ1) is 12.5. The number of aliphatic hydroxyl groups excluding tert-OH is 1. The number of aliphatic hydroxyl groups is 1. The molecular weight excluding hydrogens is 242 g/mol. The molecule has 0 bridgehead atoms. The predicted octanol–water partition coefficient (Wildman–Crippen LogP) is -0.0444. The van der Waals surface area contributed by atoms with Gasteiger partial charge < -0.3 is 5.11 Å². The molecule has 17 heavy (non-hydrogen) atoms. The summed E-state index contributed by atoms with van der Waals surface area (Å²) >= 11 is 0. The van der Waals surface area contributed by atoms with Crippen LogP contribution in [0.25, 0.3) is 0 Å². The Labute approximate surface area is 101 Å². The zero-order valence-electron chi connectivity index (χ0n) is 9.78. The van der Waals surface area contributed by atoms with E-state index in [1.807, 2.05) is 0 Å². The first-order chi connectivity index (χ1) is 8.07. The molecule has 1 aromatic heterocycles. The second-order valence-electron chi connectivity index (χ2n) is 4.22. The smallest absolute Gasteiger partial charge is 0.260 e. The zero-order valence-corrected chi connectivity index (χ0v) is 10.6. The number of rotatable bonds is 5. The Morgan fingerprint density at radius 1 is 1.59 bits per heavy atom. The van der Waals surface area contributed by atoms with Crippen molar-refractivity contribution in [2.75, 3.05) is 13.2 Å². The molecule has 1 N–H and O–H groups in total. The Hall–Kier alpha value is -0.920. The highest BCUT2D eigenvalue weighted by Gasteiger charge is 2.35. The van der Waals surface area contributed by atoms with E-state index in [0.29, 0.717) is 0 Å². The molecule has 0 radical (unpaired) electrons. The molecule has 1 fully saturated rings. The average molecular weight is 259 g/mol. The average Bonchev–Trinajstić information content (AvgIpc) is 2.61. The summed E-state index contributed by atoms with van der Waals surface area (Å²) in [6, 6.07) is 1.51. The lowest BCUT2D eigenvalue weighted by Gasteiger charge is -2.35. The highest BCUT2D eigenvalue weighted by atomic mass is 32.2. The number of hydrogen-bond acceptors (Lipinski definition) is 4. The molecule has 1 aliphatic carbocycles. The first-order valence-corrected chi connectivity index (χ1v) is 7.12. The van der Waals surface area contributed by atoms with Gasteiger partial charge >= 0.3 is 0 Å². The van der Waals surface area contributed by atoms with E-state index in [2.05, 4.69) is 5.10 Å². The van der Waals surface area contributed by atoms with Gasteiger partial charge in [0.05, 0.1) is 12.8 Å². The highest BCUT2D eigenvalue weighted by molar-refractivity contribution is 7.89. The van der Waals surface area contributed by atoms with Gasteiger partial charge in [-0.2, -0.15) is 9.40 Å². The van der Waals surface area contributed by atoms with Crippen molar-refractivity contribution in [3.05, 3.63) is 12.3 Å². The van der Waals surface area contributed by atoms with Crippen molar-refractivity contribution >= 4 is 10.0 Å². The third-order valence-corrected chi connectivity index (χ3v) is 5.18. The molecular formula is C10H17N3O3S. The Kier molecular flexibility index (Phi) is 3.50. The fourth-order valence-electron chi connectivity index (χ4n) is 2.01. The van der Waals surface area contributed by atoms with Gasteiger partial charge in [0.25, 0.3) is 10.0 Å². The molecule has 1 aliphatic rings. The van der Waals surface area contributed by atoms with Gasteiger partial charge in [-0.25, -0.2) is 8.42 Å². The van der Waals surface area contributed by atoms with E-state index in [9.17, 15) is 8.42 Å². The van der Waals surface area contributed by atoms with Crippen LogP contribution in [-0.2, 0) is 17.1 Å². The monoisotopic (exact) mass is 259 g/mol. The summed E-state index contributed by atoms with van der Waals surface area (Å²) in [6.07, 6.45) is 4.26. The Bertz CT molecular complexity index is 479. The van der Waals surface area contributed by atoms with Gasteiger partial charge in [0.2, 0.25) is 0 Å². The summed E-state index contributed by atoms with van der Waals surface area (Å²) in [5, 5.41) is 13.1. The molecule has 0 atom stereocenters. The van der Waals surface area contributed by atoms with Crippen LogP contribution in [0.15, 0.2) is 17.3 Å². The Morgan fingerprint density at radius 3 is 2.71 bits per heavy atom. The number of aromatic nitrogens is 2. The minimum Gasteiger partial charge on any atom is -0.395 e. The van der Waals surface area contributed by atoms with Crippen LogP contribution in [-0.4, -0.2) is 46.8 Å². The van der Waals surface area contributed by atoms with E-state index in [-0.39, 0.29) is 24.2 Å². The van der Waals surface area contributed by atoms with Crippen molar-refractivity contribution in [1.29, 1.82) is 0 Å². The molecule has 1 saturated carbocycles. The summed E-state index contributed by atoms with van der Waals surface area (Å²) in [5.41, 5.74) is 0. The lowest BCUT2D eigenvalue weighted by Crippen LogP contribution is -2.46. The van der Waals surface area contributed by atoms with Crippen molar-refractivity contribution < 1.29 is 13.5 Å². The molecule has 7 heteroatoms. The number of aryl methyl sites for hydroxylation is 1. The fraction of sp³-hybridized carbons (Fsp3) is 0.700. The van der Waals surface area contributed by atoms with Crippen LogP contribution in [0.1, 0.15) is 19.3 Å². The molecule has 0 aliphatic heterocycles.